The van der Waals surface area contributed by atoms with E-state index in [4.69, 9.17) is 0 Å². The first-order chi connectivity index (χ1) is 8.17. The molecule has 0 bridgehead atoms. The smallest absolute Gasteiger partial charge is 0.221 e. The van der Waals surface area contributed by atoms with Gasteiger partial charge in [0.25, 0.3) is 0 Å². The molecule has 0 fully saturated rings. The van der Waals surface area contributed by atoms with Crippen molar-refractivity contribution < 1.29 is 4.79 Å². The maximum absolute atomic E-state index is 11.2. The Bertz CT molecular complexity index is 367. The predicted octanol–water partition coefficient (Wildman–Crippen LogP) is 1.09. The molecule has 0 atom stereocenters. The van der Waals surface area contributed by atoms with Gasteiger partial charge in [-0.2, -0.15) is 0 Å². The number of nitrogens with zero attached hydrogens (tertiary/aromatic N) is 2. The average Bonchev–Trinajstić information content (AvgIpc) is 2.36. The van der Waals surface area contributed by atoms with E-state index < -0.39 is 0 Å². The molecule has 0 aliphatic rings. The molecule has 1 aromatic heterocycles. The summed E-state index contributed by atoms with van der Waals surface area (Å²) in [7, 11) is 3.62. The minimum atomic E-state index is 0.0535. The Labute approximate surface area is 102 Å². The van der Waals surface area contributed by atoms with Gasteiger partial charge in [-0.05, 0) is 13.0 Å². The summed E-state index contributed by atoms with van der Waals surface area (Å²) >= 11 is 0. The number of nitrogens with one attached hydrogen (secondary N) is 2. The predicted molar refractivity (Wildman–Crippen MR) is 70.4 cm³/mol. The number of carbonyl (C=O) groups is 1. The van der Waals surface area contributed by atoms with E-state index in [1.807, 2.05) is 31.0 Å². The van der Waals surface area contributed by atoms with Crippen LogP contribution >= 0.6 is 0 Å². The number of carbonyl (C=O) groups excluding carboxylic acids is 1. The third-order valence-electron chi connectivity index (χ3n) is 2.50. The number of anilines is 2. The first-order valence-corrected chi connectivity index (χ1v) is 5.79. The molecule has 1 heterocycles. The monoisotopic (exact) mass is 236 g/mol. The first-order valence-electron chi connectivity index (χ1n) is 5.79. The van der Waals surface area contributed by atoms with E-state index in [9.17, 15) is 4.79 Å². The van der Waals surface area contributed by atoms with Crippen molar-refractivity contribution in [1.82, 2.24) is 10.3 Å². The van der Waals surface area contributed by atoms with Crippen LogP contribution in [0.3, 0.4) is 0 Å². The number of hydrogen-bond donors (Lipinski definition) is 2. The van der Waals surface area contributed by atoms with Crippen LogP contribution in [0.25, 0.3) is 0 Å². The summed E-state index contributed by atoms with van der Waals surface area (Å²) in [6.07, 6.45) is 2.26. The molecule has 0 saturated carbocycles. The van der Waals surface area contributed by atoms with E-state index in [0.717, 1.165) is 18.1 Å². The van der Waals surface area contributed by atoms with Crippen LogP contribution in [0, 0.1) is 0 Å². The molecule has 0 saturated heterocycles. The van der Waals surface area contributed by atoms with E-state index in [1.165, 1.54) is 0 Å². The van der Waals surface area contributed by atoms with Crippen molar-refractivity contribution in [2.45, 2.75) is 13.3 Å². The maximum Gasteiger partial charge on any atom is 0.221 e. The van der Waals surface area contributed by atoms with Gasteiger partial charge in [0, 0.05) is 51.6 Å². The molecule has 1 rings (SSSR count). The van der Waals surface area contributed by atoms with E-state index in [0.29, 0.717) is 13.0 Å². The molecule has 5 heteroatoms. The minimum absolute atomic E-state index is 0.0535. The SMILES string of the molecule is CCNc1cc(N(C)CCC(=O)NC)ccn1. The zero-order valence-corrected chi connectivity index (χ0v) is 10.7. The first kappa shape index (κ1) is 13.3. The fraction of sp³-hybridized carbons (Fsp3) is 0.500. The lowest BCUT2D eigenvalue weighted by molar-refractivity contribution is -0.120. The standard InChI is InChI=1S/C12H20N4O/c1-4-14-11-9-10(5-7-15-11)16(3)8-6-12(17)13-2/h5,7,9H,4,6,8H2,1-3H3,(H,13,17)(H,14,15). The van der Waals surface area contributed by atoms with Gasteiger partial charge in [0.05, 0.1) is 0 Å². The summed E-state index contributed by atoms with van der Waals surface area (Å²) in [5, 5.41) is 5.77. The van der Waals surface area contributed by atoms with Gasteiger partial charge < -0.3 is 15.5 Å². The highest BCUT2D eigenvalue weighted by atomic mass is 16.1. The van der Waals surface area contributed by atoms with Crippen molar-refractivity contribution in [3.8, 4) is 0 Å². The molecule has 0 spiro atoms. The zero-order valence-electron chi connectivity index (χ0n) is 10.7. The summed E-state index contributed by atoms with van der Waals surface area (Å²) in [6.45, 7) is 3.57. The highest BCUT2D eigenvalue weighted by Crippen LogP contribution is 2.15. The van der Waals surface area contributed by atoms with Gasteiger partial charge in [-0.15, -0.1) is 0 Å². The molecule has 1 aromatic rings. The van der Waals surface area contributed by atoms with Crippen molar-refractivity contribution >= 4 is 17.4 Å². The molecule has 2 N–H and O–H groups in total. The molecule has 0 unspecified atom stereocenters. The summed E-state index contributed by atoms with van der Waals surface area (Å²) in [6, 6.07) is 3.91. The van der Waals surface area contributed by atoms with Crippen LogP contribution in [0.4, 0.5) is 11.5 Å². The van der Waals surface area contributed by atoms with Crippen LogP contribution in [-0.4, -0.2) is 38.1 Å². The largest absolute Gasteiger partial charge is 0.374 e. The fourth-order valence-corrected chi connectivity index (χ4v) is 1.46. The summed E-state index contributed by atoms with van der Waals surface area (Å²) in [5.74, 6) is 0.912. The molecular weight excluding hydrogens is 216 g/mol. The van der Waals surface area contributed by atoms with Gasteiger partial charge in [-0.25, -0.2) is 4.98 Å². The molecule has 1 amide bonds. The second kappa shape index (κ2) is 6.73. The van der Waals surface area contributed by atoms with Crippen molar-refractivity contribution in [3.05, 3.63) is 18.3 Å². The lowest BCUT2D eigenvalue weighted by atomic mass is 10.3. The summed E-state index contributed by atoms with van der Waals surface area (Å²) in [5.41, 5.74) is 1.06. The van der Waals surface area contributed by atoms with Crippen molar-refractivity contribution in [2.24, 2.45) is 0 Å². The molecular formula is C12H20N4O. The van der Waals surface area contributed by atoms with Crippen molar-refractivity contribution in [1.29, 1.82) is 0 Å². The van der Waals surface area contributed by atoms with Gasteiger partial charge in [0.1, 0.15) is 5.82 Å². The Hall–Kier alpha value is -1.78. The maximum atomic E-state index is 11.2. The topological polar surface area (TPSA) is 57.3 Å². The van der Waals surface area contributed by atoms with E-state index in [2.05, 4.69) is 15.6 Å². The molecule has 0 aliphatic heterocycles. The lowest BCUT2D eigenvalue weighted by Crippen LogP contribution is -2.26. The van der Waals surface area contributed by atoms with E-state index in [1.54, 1.807) is 13.2 Å². The molecule has 5 nitrogen and oxygen atoms in total. The molecule has 0 aromatic carbocycles. The van der Waals surface area contributed by atoms with Gasteiger partial charge in [0.15, 0.2) is 0 Å². The van der Waals surface area contributed by atoms with Crippen LogP contribution in [0.15, 0.2) is 18.3 Å². The third-order valence-corrected chi connectivity index (χ3v) is 2.50. The number of rotatable bonds is 6. The Morgan fingerprint density at radius 1 is 1.53 bits per heavy atom. The second-order valence-corrected chi connectivity index (χ2v) is 3.77. The van der Waals surface area contributed by atoms with E-state index >= 15 is 0 Å². The summed E-state index contributed by atoms with van der Waals surface area (Å²) in [4.78, 5) is 17.4. The van der Waals surface area contributed by atoms with Crippen LogP contribution in [0.5, 0.6) is 0 Å². The molecule has 94 valence electrons. The molecule has 0 radical (unpaired) electrons. The number of pyridine rings is 1. The second-order valence-electron chi connectivity index (χ2n) is 3.77. The lowest BCUT2D eigenvalue weighted by Gasteiger charge is -2.19. The minimum Gasteiger partial charge on any atom is -0.374 e. The van der Waals surface area contributed by atoms with Crippen LogP contribution in [-0.2, 0) is 4.79 Å². The van der Waals surface area contributed by atoms with Gasteiger partial charge in [-0.1, -0.05) is 0 Å². The van der Waals surface area contributed by atoms with E-state index in [-0.39, 0.29) is 5.91 Å². The van der Waals surface area contributed by atoms with Crippen LogP contribution in [0.1, 0.15) is 13.3 Å². The fourth-order valence-electron chi connectivity index (χ4n) is 1.46. The Kier molecular flexibility index (Phi) is 5.26. The number of hydrogen-bond acceptors (Lipinski definition) is 4. The Morgan fingerprint density at radius 2 is 2.29 bits per heavy atom. The van der Waals surface area contributed by atoms with Gasteiger partial charge >= 0.3 is 0 Å². The van der Waals surface area contributed by atoms with Crippen LogP contribution in [0.2, 0.25) is 0 Å². The molecule has 0 aliphatic carbocycles. The van der Waals surface area contributed by atoms with Gasteiger partial charge in [-0.3, -0.25) is 4.79 Å². The normalized spacial score (nSPS) is 9.82. The quantitative estimate of drug-likeness (QED) is 0.776. The van der Waals surface area contributed by atoms with Gasteiger partial charge in [0.2, 0.25) is 5.91 Å². The Balaban J connectivity index is 2.58. The third kappa shape index (κ3) is 4.30. The highest BCUT2D eigenvalue weighted by Gasteiger charge is 2.05. The van der Waals surface area contributed by atoms with Crippen molar-refractivity contribution in [3.63, 3.8) is 0 Å². The average molecular weight is 236 g/mol. The molecule has 17 heavy (non-hydrogen) atoms. The number of amides is 1. The summed E-state index contributed by atoms with van der Waals surface area (Å²) < 4.78 is 0. The van der Waals surface area contributed by atoms with Crippen molar-refractivity contribution in [2.75, 3.05) is 37.4 Å². The number of aromatic nitrogens is 1. The Morgan fingerprint density at radius 3 is 2.94 bits per heavy atom. The zero-order chi connectivity index (χ0) is 12.7. The highest BCUT2D eigenvalue weighted by molar-refractivity contribution is 5.76. The van der Waals surface area contributed by atoms with Crippen LogP contribution < -0.4 is 15.5 Å².